The van der Waals surface area contributed by atoms with Crippen LogP contribution < -0.4 is 4.74 Å². The van der Waals surface area contributed by atoms with E-state index in [-0.39, 0.29) is 4.74 Å². The van der Waals surface area contributed by atoms with Gasteiger partial charge in [0.05, 0.1) is 0 Å². The van der Waals surface area contributed by atoms with Crippen molar-refractivity contribution >= 4 is 32.3 Å². The lowest BCUT2D eigenvalue weighted by Crippen LogP contribution is -1.83. The summed E-state index contributed by atoms with van der Waals surface area (Å²) in [5, 5.41) is 1.98. The Kier molecular flexibility index (Phi) is 1.46. The van der Waals surface area contributed by atoms with E-state index in [9.17, 15) is 4.79 Å². The van der Waals surface area contributed by atoms with E-state index < -0.39 is 0 Å². The van der Waals surface area contributed by atoms with E-state index in [4.69, 9.17) is 11.6 Å². The molecule has 38 valence electrons. The molecule has 0 aliphatic rings. The molecule has 4 heteroatoms. The van der Waals surface area contributed by atoms with Crippen LogP contribution in [0.3, 0.4) is 0 Å². The number of hydrogen-bond acceptors (Lipinski definition) is 3. The van der Waals surface area contributed by atoms with Crippen LogP contribution in [0.5, 0.6) is 0 Å². The summed E-state index contributed by atoms with van der Waals surface area (Å²) >= 11 is 5.33. The third-order valence-corrected chi connectivity index (χ3v) is 2.82. The first-order valence-corrected chi connectivity index (χ1v) is 4.13. The predicted molar refractivity (Wildman–Crippen MR) is 33.5 cm³/mol. The average Bonchev–Trinajstić information content (AvgIpc) is 1.91. The smallest absolute Gasteiger partial charge is 0.261 e. The molecule has 1 nitrogen and oxygen atoms in total. The van der Waals surface area contributed by atoms with Gasteiger partial charge < -0.3 is 0 Å². The minimum Gasteiger partial charge on any atom is -0.275 e. The maximum Gasteiger partial charge on any atom is 0.261 e. The third kappa shape index (κ3) is 1.02. The normalized spacial score (nSPS) is 9.29. The van der Waals surface area contributed by atoms with Crippen LogP contribution in [0.15, 0.2) is 10.2 Å². The zero-order valence-corrected chi connectivity index (χ0v) is 5.57. The summed E-state index contributed by atoms with van der Waals surface area (Å²) in [4.78, 5) is 10.3. The molecule has 0 atom stereocenters. The molecular formula is C3HClOS2. The molecule has 0 fully saturated rings. The summed E-state index contributed by atoms with van der Waals surface area (Å²) in [5.41, 5.74) is 0. The van der Waals surface area contributed by atoms with Gasteiger partial charge in [0, 0.05) is 5.38 Å². The molecule has 0 spiro atoms. The van der Waals surface area contributed by atoms with Gasteiger partial charge in [0.2, 0.25) is 0 Å². The molecule has 0 aliphatic heterocycles. The molecular weight excluding hydrogens is 152 g/mol. The summed E-state index contributed by atoms with van der Waals surface area (Å²) in [5.74, 6) is 0. The summed E-state index contributed by atoms with van der Waals surface area (Å²) < 4.78 is -0.0355. The first-order valence-electron chi connectivity index (χ1n) is 1.54. The SMILES string of the molecule is O=c1sscc1Cl. The van der Waals surface area contributed by atoms with Crippen LogP contribution in [0, 0.1) is 0 Å². The fourth-order valence-corrected chi connectivity index (χ4v) is 2.25. The Balaban J connectivity index is 3.39. The summed E-state index contributed by atoms with van der Waals surface area (Å²) in [6, 6.07) is 0. The van der Waals surface area contributed by atoms with Gasteiger partial charge in [-0.1, -0.05) is 21.9 Å². The quantitative estimate of drug-likeness (QED) is 0.519. The molecule has 0 aromatic carbocycles. The van der Waals surface area contributed by atoms with E-state index in [1.807, 2.05) is 0 Å². The highest BCUT2D eigenvalue weighted by Gasteiger charge is 1.91. The topological polar surface area (TPSA) is 17.1 Å². The second-order valence-corrected chi connectivity index (χ2v) is 3.38. The molecule has 0 saturated heterocycles. The molecule has 1 aromatic heterocycles. The Bertz CT molecular complexity index is 201. The van der Waals surface area contributed by atoms with E-state index in [0.29, 0.717) is 5.02 Å². The Morgan fingerprint density at radius 3 is 2.57 bits per heavy atom. The fourth-order valence-electron chi connectivity index (χ4n) is 0.198. The lowest BCUT2D eigenvalue weighted by molar-refractivity contribution is 1.89. The highest BCUT2D eigenvalue weighted by atomic mass is 35.5. The molecule has 1 heterocycles. The van der Waals surface area contributed by atoms with Gasteiger partial charge in [-0.15, -0.1) is 0 Å². The minimum absolute atomic E-state index is 0.0355. The van der Waals surface area contributed by atoms with Gasteiger partial charge in [0.25, 0.3) is 4.74 Å². The Hall–Kier alpha value is 0.140. The van der Waals surface area contributed by atoms with Crippen LogP contribution in [-0.4, -0.2) is 0 Å². The number of halogens is 1. The maximum atomic E-state index is 10.3. The minimum atomic E-state index is -0.0355. The van der Waals surface area contributed by atoms with Crippen molar-refractivity contribution in [1.82, 2.24) is 0 Å². The van der Waals surface area contributed by atoms with Gasteiger partial charge in [0.1, 0.15) is 5.02 Å². The fraction of sp³-hybridized carbons (Fsp3) is 0. The van der Waals surface area contributed by atoms with Crippen molar-refractivity contribution in [3.8, 4) is 0 Å². The van der Waals surface area contributed by atoms with E-state index >= 15 is 0 Å². The highest BCUT2D eigenvalue weighted by Crippen LogP contribution is 2.09. The molecule has 7 heavy (non-hydrogen) atoms. The van der Waals surface area contributed by atoms with Crippen molar-refractivity contribution in [2.75, 3.05) is 0 Å². The first kappa shape index (κ1) is 5.28. The number of rotatable bonds is 0. The van der Waals surface area contributed by atoms with Gasteiger partial charge in [0.15, 0.2) is 0 Å². The Labute approximate surface area is 52.6 Å². The molecule has 1 aromatic rings. The maximum absolute atomic E-state index is 10.3. The first-order chi connectivity index (χ1) is 3.30. The summed E-state index contributed by atoms with van der Waals surface area (Å²) in [6.45, 7) is 0. The van der Waals surface area contributed by atoms with Crippen LogP contribution in [0.4, 0.5) is 0 Å². The second kappa shape index (κ2) is 1.94. The zero-order valence-electron chi connectivity index (χ0n) is 3.18. The van der Waals surface area contributed by atoms with Crippen LogP contribution in [-0.2, 0) is 0 Å². The van der Waals surface area contributed by atoms with Gasteiger partial charge in [-0.05, 0) is 10.3 Å². The zero-order chi connectivity index (χ0) is 5.28. The van der Waals surface area contributed by atoms with Gasteiger partial charge in [-0.25, -0.2) is 0 Å². The standard InChI is InChI=1S/C3HClOS2/c4-2-1-6-7-3(2)5/h1H. The Morgan fingerprint density at radius 1 is 1.71 bits per heavy atom. The monoisotopic (exact) mass is 152 g/mol. The molecule has 0 bridgehead atoms. The van der Waals surface area contributed by atoms with E-state index in [0.717, 1.165) is 10.3 Å². The largest absolute Gasteiger partial charge is 0.275 e. The van der Waals surface area contributed by atoms with Crippen molar-refractivity contribution in [1.29, 1.82) is 0 Å². The third-order valence-electron chi connectivity index (χ3n) is 0.470. The molecule has 1 rings (SSSR count). The van der Waals surface area contributed by atoms with Crippen molar-refractivity contribution in [2.24, 2.45) is 0 Å². The van der Waals surface area contributed by atoms with Crippen LogP contribution in [0.2, 0.25) is 5.02 Å². The molecule has 0 radical (unpaired) electrons. The Morgan fingerprint density at radius 2 is 2.43 bits per heavy atom. The van der Waals surface area contributed by atoms with Gasteiger partial charge >= 0.3 is 0 Å². The van der Waals surface area contributed by atoms with E-state index in [1.165, 1.54) is 10.3 Å². The summed E-state index contributed by atoms with van der Waals surface area (Å²) in [7, 11) is 2.52. The number of hydrogen-bond donors (Lipinski definition) is 0. The highest BCUT2D eigenvalue weighted by molar-refractivity contribution is 7.67. The molecule has 0 amide bonds. The van der Waals surface area contributed by atoms with Crippen molar-refractivity contribution in [2.45, 2.75) is 0 Å². The lowest BCUT2D eigenvalue weighted by Gasteiger charge is -1.60. The second-order valence-electron chi connectivity index (χ2n) is 0.933. The molecule has 0 unspecified atom stereocenters. The van der Waals surface area contributed by atoms with Gasteiger partial charge in [-0.3, -0.25) is 4.79 Å². The lowest BCUT2D eigenvalue weighted by atomic mass is 10.8. The van der Waals surface area contributed by atoms with Crippen molar-refractivity contribution in [3.05, 3.63) is 19.9 Å². The van der Waals surface area contributed by atoms with E-state index in [1.54, 1.807) is 5.38 Å². The van der Waals surface area contributed by atoms with Crippen LogP contribution in [0.1, 0.15) is 0 Å². The molecule has 0 N–H and O–H groups in total. The predicted octanol–water partition coefficient (Wildman–Crippen LogP) is 1.82. The molecule has 0 saturated carbocycles. The van der Waals surface area contributed by atoms with Gasteiger partial charge in [-0.2, -0.15) is 0 Å². The van der Waals surface area contributed by atoms with Crippen molar-refractivity contribution < 1.29 is 0 Å². The average molecular weight is 153 g/mol. The van der Waals surface area contributed by atoms with Crippen LogP contribution in [0.25, 0.3) is 0 Å². The van der Waals surface area contributed by atoms with Crippen molar-refractivity contribution in [3.63, 3.8) is 0 Å². The van der Waals surface area contributed by atoms with Crippen LogP contribution >= 0.6 is 32.3 Å². The molecule has 0 aliphatic carbocycles. The summed E-state index contributed by atoms with van der Waals surface area (Å²) in [6.07, 6.45) is 0. The van der Waals surface area contributed by atoms with E-state index in [2.05, 4.69) is 0 Å².